The highest BCUT2D eigenvalue weighted by molar-refractivity contribution is 5.65. The number of aromatic amines is 1. The van der Waals surface area contributed by atoms with Gasteiger partial charge in [0, 0.05) is 11.6 Å². The molecule has 2 N–H and O–H groups in total. The molecular weight excluding hydrogens is 372 g/mol. The molecule has 4 nitrogen and oxygen atoms in total. The van der Waals surface area contributed by atoms with Gasteiger partial charge in [0.15, 0.2) is 0 Å². The van der Waals surface area contributed by atoms with E-state index >= 15 is 0 Å². The van der Waals surface area contributed by atoms with Crippen molar-refractivity contribution in [3.05, 3.63) is 120 Å². The number of H-pyrrole nitrogens is 1. The molecule has 0 amide bonds. The van der Waals surface area contributed by atoms with E-state index in [1.807, 2.05) is 24.3 Å². The number of para-hydroxylation sites is 1. The second-order valence-electron chi connectivity index (χ2n) is 7.14. The molecule has 5 rings (SSSR count). The largest absolute Gasteiger partial charge is 0.507 e. The maximum atomic E-state index is 10.1. The third kappa shape index (κ3) is 3.40. The topological polar surface area (TPSA) is 62.1 Å². The van der Waals surface area contributed by atoms with E-state index in [0.29, 0.717) is 17.1 Å². The molecule has 30 heavy (non-hydrogen) atoms. The van der Waals surface area contributed by atoms with Crippen LogP contribution in [0.5, 0.6) is 5.75 Å². The van der Waals surface area contributed by atoms with Crippen molar-refractivity contribution in [2.24, 2.45) is 0 Å². The summed E-state index contributed by atoms with van der Waals surface area (Å²) >= 11 is 0. The number of phenols is 1. The van der Waals surface area contributed by atoms with Crippen molar-refractivity contribution in [1.82, 2.24) is 9.97 Å². The molecule has 0 fully saturated rings. The third-order valence-electron chi connectivity index (χ3n) is 5.20. The van der Waals surface area contributed by atoms with Crippen LogP contribution in [-0.2, 0) is 0 Å². The number of rotatable bonds is 5. The Kier molecular flexibility index (Phi) is 4.66. The average Bonchev–Trinajstić information content (AvgIpc) is 3.46. The van der Waals surface area contributed by atoms with Crippen LogP contribution >= 0.6 is 0 Å². The fraction of sp³-hybridized carbons (Fsp3) is 0.0385. The maximum absolute atomic E-state index is 10.1. The van der Waals surface area contributed by atoms with Gasteiger partial charge in [-0.15, -0.1) is 0 Å². The molecular formula is C26H20N2O2. The molecule has 146 valence electrons. The minimum Gasteiger partial charge on any atom is -0.507 e. The third-order valence-corrected chi connectivity index (χ3v) is 5.20. The Morgan fingerprint density at radius 3 is 2.03 bits per heavy atom. The van der Waals surface area contributed by atoms with E-state index in [1.165, 1.54) is 11.1 Å². The van der Waals surface area contributed by atoms with Crippen molar-refractivity contribution in [3.63, 3.8) is 0 Å². The van der Waals surface area contributed by atoms with Crippen LogP contribution in [0.25, 0.3) is 22.8 Å². The molecule has 0 radical (unpaired) electrons. The SMILES string of the molecule is Oc1ccccc1-c1nc(-c2ccc(C(c3ccccc3)c3ccccc3)[nH]2)co1. The van der Waals surface area contributed by atoms with Crippen LogP contribution in [0.3, 0.4) is 0 Å². The molecule has 0 aliphatic heterocycles. The van der Waals surface area contributed by atoms with Crippen LogP contribution in [-0.4, -0.2) is 15.1 Å². The Balaban J connectivity index is 1.52. The molecule has 0 atom stereocenters. The molecule has 0 bridgehead atoms. The van der Waals surface area contributed by atoms with Crippen molar-refractivity contribution in [2.75, 3.05) is 0 Å². The summed E-state index contributed by atoms with van der Waals surface area (Å²) in [6.07, 6.45) is 1.61. The van der Waals surface area contributed by atoms with Crippen molar-refractivity contribution < 1.29 is 9.52 Å². The second-order valence-corrected chi connectivity index (χ2v) is 7.14. The van der Waals surface area contributed by atoms with E-state index in [1.54, 1.807) is 24.5 Å². The summed E-state index contributed by atoms with van der Waals surface area (Å²) < 4.78 is 5.63. The van der Waals surface area contributed by atoms with Crippen LogP contribution in [0.2, 0.25) is 0 Å². The Bertz CT molecular complexity index is 1220. The molecule has 4 heteroatoms. The summed E-state index contributed by atoms with van der Waals surface area (Å²) in [5.41, 5.74) is 5.64. The van der Waals surface area contributed by atoms with Gasteiger partial charge in [0.1, 0.15) is 17.7 Å². The van der Waals surface area contributed by atoms with E-state index in [9.17, 15) is 5.11 Å². The molecule has 0 saturated carbocycles. The number of oxazole rings is 1. The monoisotopic (exact) mass is 392 g/mol. The minimum atomic E-state index is 0.0886. The molecule has 0 unspecified atom stereocenters. The van der Waals surface area contributed by atoms with Gasteiger partial charge in [-0.25, -0.2) is 4.98 Å². The molecule has 0 saturated heterocycles. The van der Waals surface area contributed by atoms with Crippen molar-refractivity contribution in [1.29, 1.82) is 0 Å². The van der Waals surface area contributed by atoms with E-state index in [2.05, 4.69) is 64.6 Å². The van der Waals surface area contributed by atoms with Gasteiger partial charge in [0.2, 0.25) is 5.89 Å². The quantitative estimate of drug-likeness (QED) is 0.373. The lowest BCUT2D eigenvalue weighted by molar-refractivity contribution is 0.473. The van der Waals surface area contributed by atoms with Gasteiger partial charge < -0.3 is 14.5 Å². The normalized spacial score (nSPS) is 11.1. The number of nitrogens with one attached hydrogen (secondary N) is 1. The summed E-state index contributed by atoms with van der Waals surface area (Å²) in [7, 11) is 0. The predicted molar refractivity (Wildman–Crippen MR) is 117 cm³/mol. The number of benzene rings is 3. The van der Waals surface area contributed by atoms with Gasteiger partial charge in [0.25, 0.3) is 0 Å². The maximum Gasteiger partial charge on any atom is 0.230 e. The molecule has 0 aliphatic rings. The summed E-state index contributed by atoms with van der Waals surface area (Å²) in [5.74, 6) is 0.624. The van der Waals surface area contributed by atoms with Gasteiger partial charge in [-0.2, -0.15) is 0 Å². The lowest BCUT2D eigenvalue weighted by Crippen LogP contribution is -2.03. The molecule has 0 aliphatic carbocycles. The standard InChI is InChI=1S/C26H20N2O2/c29-24-14-8-7-13-20(24)26-28-23(17-30-26)21-15-16-22(27-21)25(18-9-3-1-4-10-18)19-11-5-2-6-12-19/h1-17,25,27,29H. The van der Waals surface area contributed by atoms with Crippen LogP contribution in [0.4, 0.5) is 0 Å². The molecule has 2 aromatic heterocycles. The highest BCUT2D eigenvalue weighted by Gasteiger charge is 2.19. The lowest BCUT2D eigenvalue weighted by Gasteiger charge is -2.17. The summed E-state index contributed by atoms with van der Waals surface area (Å²) in [5, 5.41) is 10.1. The highest BCUT2D eigenvalue weighted by Crippen LogP contribution is 2.34. The Morgan fingerprint density at radius 2 is 1.37 bits per heavy atom. The molecule has 5 aromatic rings. The Morgan fingerprint density at radius 1 is 0.733 bits per heavy atom. The first-order chi connectivity index (χ1) is 14.8. The van der Waals surface area contributed by atoms with Crippen LogP contribution < -0.4 is 0 Å². The summed E-state index contributed by atoms with van der Waals surface area (Å²) in [6.45, 7) is 0. The molecule has 0 spiro atoms. The zero-order valence-electron chi connectivity index (χ0n) is 16.2. The van der Waals surface area contributed by atoms with E-state index in [-0.39, 0.29) is 11.7 Å². The fourth-order valence-electron chi connectivity index (χ4n) is 3.75. The second kappa shape index (κ2) is 7.76. The average molecular weight is 392 g/mol. The predicted octanol–water partition coefficient (Wildman–Crippen LogP) is 6.22. The lowest BCUT2D eigenvalue weighted by atomic mass is 9.89. The fourth-order valence-corrected chi connectivity index (χ4v) is 3.75. The van der Waals surface area contributed by atoms with Crippen molar-refractivity contribution >= 4 is 0 Å². The first-order valence-electron chi connectivity index (χ1n) is 9.82. The summed E-state index contributed by atoms with van der Waals surface area (Å²) in [6, 6.07) is 32.0. The Hall–Kier alpha value is -4.05. The number of hydrogen-bond acceptors (Lipinski definition) is 3. The number of phenolic OH excluding ortho intramolecular Hbond substituents is 1. The van der Waals surface area contributed by atoms with Gasteiger partial charge in [-0.05, 0) is 35.4 Å². The van der Waals surface area contributed by atoms with Crippen LogP contribution in [0, 0.1) is 0 Å². The van der Waals surface area contributed by atoms with Crippen molar-refractivity contribution in [3.8, 4) is 28.6 Å². The zero-order chi connectivity index (χ0) is 20.3. The van der Waals surface area contributed by atoms with Gasteiger partial charge in [-0.3, -0.25) is 0 Å². The number of nitrogens with zero attached hydrogens (tertiary/aromatic N) is 1. The highest BCUT2D eigenvalue weighted by atomic mass is 16.3. The van der Waals surface area contributed by atoms with Gasteiger partial charge in [-0.1, -0.05) is 72.8 Å². The molecule has 2 heterocycles. The Labute approximate surface area is 174 Å². The number of hydrogen-bond donors (Lipinski definition) is 2. The number of aromatic nitrogens is 2. The van der Waals surface area contributed by atoms with E-state index in [4.69, 9.17) is 4.42 Å². The first-order valence-corrected chi connectivity index (χ1v) is 9.82. The smallest absolute Gasteiger partial charge is 0.230 e. The van der Waals surface area contributed by atoms with Crippen LogP contribution in [0.15, 0.2) is 108 Å². The first kappa shape index (κ1) is 18.0. The minimum absolute atomic E-state index is 0.0886. The summed E-state index contributed by atoms with van der Waals surface area (Å²) in [4.78, 5) is 8.09. The van der Waals surface area contributed by atoms with Crippen molar-refractivity contribution in [2.45, 2.75) is 5.92 Å². The zero-order valence-corrected chi connectivity index (χ0v) is 16.2. The van der Waals surface area contributed by atoms with E-state index < -0.39 is 0 Å². The van der Waals surface area contributed by atoms with E-state index in [0.717, 1.165) is 11.4 Å². The molecule has 3 aromatic carbocycles. The van der Waals surface area contributed by atoms with Gasteiger partial charge >= 0.3 is 0 Å². The number of aromatic hydroxyl groups is 1. The van der Waals surface area contributed by atoms with Gasteiger partial charge in [0.05, 0.1) is 11.3 Å². The van der Waals surface area contributed by atoms with Crippen LogP contribution in [0.1, 0.15) is 22.7 Å².